The Balaban J connectivity index is 1.91. The summed E-state index contributed by atoms with van der Waals surface area (Å²) in [5.74, 6) is 1.62. The number of hydrogen-bond acceptors (Lipinski definition) is 2. The predicted molar refractivity (Wildman–Crippen MR) is 60.8 cm³/mol. The van der Waals surface area contributed by atoms with Crippen LogP contribution in [0, 0.1) is 17.3 Å². The van der Waals surface area contributed by atoms with Crippen molar-refractivity contribution in [2.75, 3.05) is 0 Å². The second kappa shape index (κ2) is 3.16. The molecule has 1 fully saturated rings. The topological polar surface area (TPSA) is 24.7 Å². The normalized spacial score (nSPS) is 48.4. The highest BCUT2D eigenvalue weighted by molar-refractivity contribution is 5.13. The minimum absolute atomic E-state index is 0.333. The Bertz CT molecular complexity index is 288. The maximum atomic E-state index is 4.51. The van der Waals surface area contributed by atoms with E-state index in [9.17, 15) is 0 Å². The number of azo groups is 1. The molecule has 2 heteroatoms. The van der Waals surface area contributed by atoms with E-state index in [2.05, 4.69) is 36.2 Å². The molecule has 0 aromatic heterocycles. The van der Waals surface area contributed by atoms with Gasteiger partial charge >= 0.3 is 0 Å². The van der Waals surface area contributed by atoms with Crippen molar-refractivity contribution in [2.24, 2.45) is 27.5 Å². The van der Waals surface area contributed by atoms with Crippen LogP contribution < -0.4 is 0 Å². The fraction of sp³-hybridized carbons (Fsp3) is 0.846. The maximum Gasteiger partial charge on any atom is 0.0812 e. The van der Waals surface area contributed by atoms with E-state index in [0.717, 1.165) is 11.8 Å². The second-order valence-corrected chi connectivity index (χ2v) is 5.90. The predicted octanol–water partition coefficient (Wildman–Crippen LogP) is 3.59. The largest absolute Gasteiger partial charge is 0.190 e. The molecule has 0 saturated heterocycles. The van der Waals surface area contributed by atoms with Crippen LogP contribution in [0.2, 0.25) is 0 Å². The molecule has 0 aromatic carbocycles. The van der Waals surface area contributed by atoms with Crippen molar-refractivity contribution in [3.8, 4) is 0 Å². The number of fused-ring (bicyclic) bond motifs is 5. The fourth-order valence-corrected chi connectivity index (χ4v) is 3.92. The van der Waals surface area contributed by atoms with Gasteiger partial charge in [-0.15, -0.1) is 0 Å². The molecule has 0 N–H and O–H groups in total. The molecular weight excluding hydrogens is 184 g/mol. The summed E-state index contributed by atoms with van der Waals surface area (Å²) in [4.78, 5) is 0. The average Bonchev–Trinajstić information content (AvgIpc) is 2.52. The number of rotatable bonds is 0. The summed E-state index contributed by atoms with van der Waals surface area (Å²) in [5.41, 5.74) is 0.333. The van der Waals surface area contributed by atoms with Gasteiger partial charge in [-0.25, -0.2) is 0 Å². The van der Waals surface area contributed by atoms with Crippen LogP contribution in [-0.4, -0.2) is 12.1 Å². The number of hydrogen-bond donors (Lipinski definition) is 0. The summed E-state index contributed by atoms with van der Waals surface area (Å²) >= 11 is 0. The lowest BCUT2D eigenvalue weighted by molar-refractivity contribution is 0.275. The van der Waals surface area contributed by atoms with Gasteiger partial charge in [-0.05, 0) is 37.5 Å². The summed E-state index contributed by atoms with van der Waals surface area (Å²) < 4.78 is 0. The Labute approximate surface area is 91.9 Å². The van der Waals surface area contributed by atoms with Gasteiger partial charge in [-0.2, -0.15) is 10.2 Å². The van der Waals surface area contributed by atoms with Gasteiger partial charge in [0.15, 0.2) is 0 Å². The molecule has 0 radical (unpaired) electrons. The molecule has 3 rings (SSSR count). The summed E-state index contributed by atoms with van der Waals surface area (Å²) in [6.07, 6.45) is 9.85. The Kier molecular flexibility index (Phi) is 2.02. The van der Waals surface area contributed by atoms with E-state index < -0.39 is 0 Å². The molecule has 3 aliphatic rings. The minimum Gasteiger partial charge on any atom is -0.190 e. The van der Waals surface area contributed by atoms with Crippen LogP contribution >= 0.6 is 0 Å². The molecule has 0 aromatic rings. The van der Waals surface area contributed by atoms with Gasteiger partial charge in [0.25, 0.3) is 0 Å². The Morgan fingerprint density at radius 2 is 1.40 bits per heavy atom. The van der Waals surface area contributed by atoms with Crippen LogP contribution in [0.4, 0.5) is 0 Å². The second-order valence-electron chi connectivity index (χ2n) is 5.90. The molecule has 1 saturated carbocycles. The van der Waals surface area contributed by atoms with Gasteiger partial charge in [-0.1, -0.05) is 26.0 Å². The standard InChI is InChI=1S/C13H20N2/c1-13(2)11-9-7-5-3-4-6-8-10(9)12(13)15-14-11/h3-4,9-12H,5-8H2,1-2H3/b4-3-. The molecule has 15 heavy (non-hydrogen) atoms. The molecule has 4 unspecified atom stereocenters. The highest BCUT2D eigenvalue weighted by atomic mass is 15.2. The van der Waals surface area contributed by atoms with Crippen molar-refractivity contribution in [1.29, 1.82) is 0 Å². The van der Waals surface area contributed by atoms with Gasteiger partial charge in [0, 0.05) is 5.41 Å². The molecule has 0 spiro atoms. The highest BCUT2D eigenvalue weighted by Crippen LogP contribution is 2.56. The van der Waals surface area contributed by atoms with E-state index in [0.29, 0.717) is 17.5 Å². The first kappa shape index (κ1) is 9.56. The zero-order chi connectivity index (χ0) is 10.5. The fourth-order valence-electron chi connectivity index (χ4n) is 3.92. The van der Waals surface area contributed by atoms with E-state index in [1.807, 2.05) is 0 Å². The monoisotopic (exact) mass is 204 g/mol. The molecule has 82 valence electrons. The van der Waals surface area contributed by atoms with Crippen LogP contribution in [0.5, 0.6) is 0 Å². The van der Waals surface area contributed by atoms with Crippen molar-refractivity contribution in [3.05, 3.63) is 12.2 Å². The maximum absolute atomic E-state index is 4.51. The average molecular weight is 204 g/mol. The van der Waals surface area contributed by atoms with Gasteiger partial charge in [-0.3, -0.25) is 0 Å². The van der Waals surface area contributed by atoms with Crippen LogP contribution in [0.15, 0.2) is 22.4 Å². The third kappa shape index (κ3) is 1.23. The van der Waals surface area contributed by atoms with Crippen molar-refractivity contribution < 1.29 is 0 Å². The van der Waals surface area contributed by atoms with Gasteiger partial charge in [0.2, 0.25) is 0 Å². The Hall–Kier alpha value is -0.660. The lowest BCUT2D eigenvalue weighted by Gasteiger charge is -2.26. The quantitative estimate of drug-likeness (QED) is 0.539. The van der Waals surface area contributed by atoms with E-state index in [1.165, 1.54) is 25.7 Å². The van der Waals surface area contributed by atoms with E-state index >= 15 is 0 Å². The van der Waals surface area contributed by atoms with Gasteiger partial charge in [0.1, 0.15) is 0 Å². The van der Waals surface area contributed by atoms with Crippen LogP contribution in [0.1, 0.15) is 39.5 Å². The summed E-state index contributed by atoms with van der Waals surface area (Å²) in [6, 6.07) is 1.03. The summed E-state index contributed by atoms with van der Waals surface area (Å²) in [7, 11) is 0. The summed E-state index contributed by atoms with van der Waals surface area (Å²) in [5, 5.41) is 9.03. The van der Waals surface area contributed by atoms with Crippen molar-refractivity contribution in [1.82, 2.24) is 0 Å². The first-order valence-electron chi connectivity index (χ1n) is 6.26. The SMILES string of the molecule is CC1(C)C2N=NC1C1CC/C=C\CCC12. The first-order valence-corrected chi connectivity index (χ1v) is 6.26. The van der Waals surface area contributed by atoms with Crippen molar-refractivity contribution >= 4 is 0 Å². The zero-order valence-electron chi connectivity index (χ0n) is 9.69. The van der Waals surface area contributed by atoms with E-state index in [1.54, 1.807) is 0 Å². The minimum atomic E-state index is 0.333. The van der Waals surface area contributed by atoms with E-state index in [-0.39, 0.29) is 0 Å². The molecule has 1 aliphatic heterocycles. The lowest BCUT2D eigenvalue weighted by atomic mass is 9.83. The molecule has 2 nitrogen and oxygen atoms in total. The first-order chi connectivity index (χ1) is 7.21. The van der Waals surface area contributed by atoms with Crippen LogP contribution in [0.25, 0.3) is 0 Å². The lowest BCUT2D eigenvalue weighted by Crippen LogP contribution is -2.27. The zero-order valence-corrected chi connectivity index (χ0v) is 9.69. The van der Waals surface area contributed by atoms with Crippen LogP contribution in [-0.2, 0) is 0 Å². The molecule has 4 atom stereocenters. The number of allylic oxidation sites excluding steroid dienone is 2. The van der Waals surface area contributed by atoms with Gasteiger partial charge in [0.05, 0.1) is 12.1 Å². The van der Waals surface area contributed by atoms with Crippen molar-refractivity contribution in [2.45, 2.75) is 51.6 Å². The molecule has 0 amide bonds. The highest BCUT2D eigenvalue weighted by Gasteiger charge is 2.58. The Morgan fingerprint density at radius 1 is 0.933 bits per heavy atom. The van der Waals surface area contributed by atoms with Crippen molar-refractivity contribution in [3.63, 3.8) is 0 Å². The number of nitrogens with zero attached hydrogens (tertiary/aromatic N) is 2. The molecule has 2 bridgehead atoms. The smallest absolute Gasteiger partial charge is 0.0812 e. The molecular formula is C13H20N2. The molecule has 2 aliphatic carbocycles. The van der Waals surface area contributed by atoms with E-state index in [4.69, 9.17) is 0 Å². The molecule has 1 heterocycles. The Morgan fingerprint density at radius 3 is 1.87 bits per heavy atom. The van der Waals surface area contributed by atoms with Gasteiger partial charge < -0.3 is 0 Å². The third-order valence-corrected chi connectivity index (χ3v) is 4.70. The summed E-state index contributed by atoms with van der Waals surface area (Å²) in [6.45, 7) is 4.72. The third-order valence-electron chi connectivity index (χ3n) is 4.70. The van der Waals surface area contributed by atoms with Crippen LogP contribution in [0.3, 0.4) is 0 Å².